The van der Waals surface area contributed by atoms with Gasteiger partial charge in [-0.05, 0) is 104 Å². The molecule has 224 valence electrons. The minimum Gasteiger partial charge on any atom is -0.309 e. The van der Waals surface area contributed by atoms with Crippen molar-refractivity contribution in [2.75, 3.05) is 0 Å². The van der Waals surface area contributed by atoms with Gasteiger partial charge in [0.1, 0.15) is 0 Å². The van der Waals surface area contributed by atoms with Crippen LogP contribution < -0.4 is 0 Å². The molecule has 1 nitrogen and oxygen atoms in total. The van der Waals surface area contributed by atoms with Gasteiger partial charge in [-0.1, -0.05) is 133 Å². The first-order valence-corrected chi connectivity index (χ1v) is 16.5. The van der Waals surface area contributed by atoms with Crippen molar-refractivity contribution in [1.29, 1.82) is 0 Å². The molecule has 2 heterocycles. The second kappa shape index (κ2) is 10.9. The van der Waals surface area contributed by atoms with Gasteiger partial charge in [0, 0.05) is 31.6 Å². The van der Waals surface area contributed by atoms with Gasteiger partial charge in [0.2, 0.25) is 0 Å². The highest BCUT2D eigenvalue weighted by Gasteiger charge is 2.21. The highest BCUT2D eigenvalue weighted by molar-refractivity contribution is 7.99. The Bertz CT molecular complexity index is 3180. The fourth-order valence-electron chi connectivity index (χ4n) is 7.01. The Balaban J connectivity index is 1.15. The lowest BCUT2D eigenvalue weighted by atomic mass is 9.91. The summed E-state index contributed by atoms with van der Waals surface area (Å²) in [7, 11) is 0. The zero-order valence-corrected chi connectivity index (χ0v) is 26.2. The topological polar surface area (TPSA) is 4.93 Å². The molecule has 0 N–H and O–H groups in total. The van der Waals surface area contributed by atoms with E-state index in [-0.39, 0.29) is 65.0 Å². The summed E-state index contributed by atoms with van der Waals surface area (Å²) < 4.78 is 80.9. The Morgan fingerprint density at radius 2 is 1.15 bits per heavy atom. The second-order valence-electron chi connectivity index (χ2n) is 11.8. The number of hydrogen-bond donors (Lipinski definition) is 0. The van der Waals surface area contributed by atoms with Crippen LogP contribution in [0.3, 0.4) is 0 Å². The third-order valence-corrected chi connectivity index (χ3v) is 10.3. The molecule has 1 aliphatic rings. The molecule has 0 spiro atoms. The van der Waals surface area contributed by atoms with E-state index in [2.05, 4.69) is 28.8 Å². The van der Waals surface area contributed by atoms with E-state index in [0.717, 1.165) is 59.2 Å². The van der Waals surface area contributed by atoms with Crippen LogP contribution in [-0.2, 0) is 0 Å². The molecule has 0 saturated heterocycles. The molecule has 1 aromatic heterocycles. The first-order valence-electron chi connectivity index (χ1n) is 20.2. The summed E-state index contributed by atoms with van der Waals surface area (Å²) in [5, 5.41) is 3.60. The summed E-state index contributed by atoms with van der Waals surface area (Å²) in [5.74, 6) is 0. The van der Waals surface area contributed by atoms with E-state index in [1.807, 2.05) is 97.1 Å². The molecule has 0 unspecified atom stereocenters. The summed E-state index contributed by atoms with van der Waals surface area (Å²) in [6, 6.07) is 37.0. The Hall–Kier alpha value is -5.83. The Labute approximate surface area is 296 Å². The van der Waals surface area contributed by atoms with Crippen LogP contribution >= 0.6 is 11.8 Å². The molecule has 10 rings (SSSR count). The van der Waals surface area contributed by atoms with E-state index >= 15 is 0 Å². The smallest absolute Gasteiger partial charge is 0.0636 e. The molecule has 0 radical (unpaired) electrons. The average Bonchev–Trinajstić information content (AvgIpc) is 3.56. The SMILES string of the molecule is [2H]c1c([2H])c([2H])c(-c2ccc3c4c(cccc24)-c2cc(-c4c([2H])c([2H])c([2H])c(-c5ccc6c(c5)c5ccccc5n6-c5ccccc5)c4[2H])ccc2S3)c([2H])c1[2H]. The van der Waals surface area contributed by atoms with Gasteiger partial charge in [0.15, 0.2) is 0 Å². The van der Waals surface area contributed by atoms with Crippen molar-refractivity contribution in [2.24, 2.45) is 0 Å². The molecular weight excluding hydrogens is 599 g/mol. The number of hydrogen-bond acceptors (Lipinski definition) is 1. The van der Waals surface area contributed by atoms with Gasteiger partial charge in [-0.25, -0.2) is 0 Å². The van der Waals surface area contributed by atoms with Gasteiger partial charge in [-0.2, -0.15) is 0 Å². The van der Waals surface area contributed by atoms with Gasteiger partial charge < -0.3 is 4.57 Å². The van der Waals surface area contributed by atoms with Gasteiger partial charge in [0.25, 0.3) is 0 Å². The molecule has 8 aromatic carbocycles. The summed E-state index contributed by atoms with van der Waals surface area (Å²) >= 11 is 1.56. The molecule has 0 atom stereocenters. The Morgan fingerprint density at radius 3 is 2.02 bits per heavy atom. The van der Waals surface area contributed by atoms with Gasteiger partial charge in [0.05, 0.1) is 23.4 Å². The zero-order valence-electron chi connectivity index (χ0n) is 34.4. The van der Waals surface area contributed by atoms with E-state index in [1.165, 1.54) is 0 Å². The molecule has 0 saturated carbocycles. The van der Waals surface area contributed by atoms with Crippen molar-refractivity contribution in [3.8, 4) is 50.2 Å². The number of para-hydroxylation sites is 2. The van der Waals surface area contributed by atoms with Crippen LogP contribution in [0.5, 0.6) is 0 Å². The number of benzene rings is 8. The number of aromatic nitrogens is 1. The lowest BCUT2D eigenvalue weighted by Gasteiger charge is -2.22. The number of rotatable bonds is 4. The van der Waals surface area contributed by atoms with Crippen LogP contribution in [0.2, 0.25) is 0 Å². The lowest BCUT2D eigenvalue weighted by molar-refractivity contribution is 1.18. The summed E-state index contributed by atoms with van der Waals surface area (Å²) in [4.78, 5) is 1.91. The monoisotopic (exact) mass is 636 g/mol. The standard InChI is InChI=1S/C46H29NS/c1-3-11-30(12-4-1)36-23-26-45-46-38(36)18-10-19-39(46)41-29-34(22-25-44(41)48-45)32-14-9-13-31(27-32)33-21-24-43-40(28-33)37-17-7-8-20-42(37)47(43)35-15-5-2-6-16-35/h1-29H/i1D,3D,4D,9D,11D,12D,13D,14D,27D. The second-order valence-corrected chi connectivity index (χ2v) is 12.9. The summed E-state index contributed by atoms with van der Waals surface area (Å²) in [6.45, 7) is 0. The molecular formula is C46H29NS. The van der Waals surface area contributed by atoms with Crippen LogP contribution in [0.4, 0.5) is 0 Å². The first kappa shape index (κ1) is 19.7. The van der Waals surface area contributed by atoms with E-state index in [4.69, 9.17) is 11.0 Å². The molecule has 0 fully saturated rings. The number of nitrogens with zero attached hydrogens (tertiary/aromatic N) is 1. The molecule has 2 heteroatoms. The highest BCUT2D eigenvalue weighted by atomic mass is 32.2. The van der Waals surface area contributed by atoms with Crippen molar-refractivity contribution in [2.45, 2.75) is 9.79 Å². The fraction of sp³-hybridized carbons (Fsp3) is 0. The molecule has 0 bridgehead atoms. The molecule has 48 heavy (non-hydrogen) atoms. The van der Waals surface area contributed by atoms with E-state index in [1.54, 1.807) is 11.8 Å². The van der Waals surface area contributed by atoms with Gasteiger partial charge >= 0.3 is 0 Å². The van der Waals surface area contributed by atoms with Crippen molar-refractivity contribution in [3.05, 3.63) is 176 Å². The quantitative estimate of drug-likeness (QED) is 0.186. The van der Waals surface area contributed by atoms with Crippen LogP contribution in [0, 0.1) is 0 Å². The minimum atomic E-state index is -0.440. The predicted octanol–water partition coefficient (Wildman–Crippen LogP) is 13.1. The fourth-order valence-corrected chi connectivity index (χ4v) is 8.12. The summed E-state index contributed by atoms with van der Waals surface area (Å²) in [5.41, 5.74) is 7.16. The van der Waals surface area contributed by atoms with Crippen molar-refractivity contribution in [1.82, 2.24) is 4.57 Å². The third-order valence-electron chi connectivity index (χ3n) is 9.15. The van der Waals surface area contributed by atoms with E-state index < -0.39 is 6.04 Å². The minimum absolute atomic E-state index is 0.00218. The predicted molar refractivity (Wildman–Crippen MR) is 204 cm³/mol. The molecule has 0 amide bonds. The number of fused-ring (bicyclic) bond motifs is 5. The van der Waals surface area contributed by atoms with Crippen LogP contribution in [0.25, 0.3) is 82.8 Å². The van der Waals surface area contributed by atoms with Crippen LogP contribution in [0.1, 0.15) is 12.3 Å². The summed E-state index contributed by atoms with van der Waals surface area (Å²) in [6.07, 6.45) is 0. The van der Waals surface area contributed by atoms with Gasteiger partial charge in [-0.3, -0.25) is 0 Å². The van der Waals surface area contributed by atoms with Crippen molar-refractivity contribution >= 4 is 44.3 Å². The maximum atomic E-state index is 9.58. The van der Waals surface area contributed by atoms with E-state index in [0.29, 0.717) is 16.7 Å². The molecule has 1 aliphatic heterocycles. The lowest BCUT2D eigenvalue weighted by Crippen LogP contribution is -1.95. The van der Waals surface area contributed by atoms with E-state index in [9.17, 15) is 1.37 Å². The third kappa shape index (κ3) is 4.27. The Kier molecular flexibility index (Phi) is 4.47. The Morgan fingerprint density at radius 1 is 0.438 bits per heavy atom. The largest absolute Gasteiger partial charge is 0.309 e. The average molecular weight is 637 g/mol. The van der Waals surface area contributed by atoms with Crippen molar-refractivity contribution < 1.29 is 12.3 Å². The first-order chi connectivity index (χ1) is 27.5. The molecule has 0 aliphatic carbocycles. The van der Waals surface area contributed by atoms with Gasteiger partial charge in [-0.15, -0.1) is 0 Å². The van der Waals surface area contributed by atoms with Crippen LogP contribution in [0.15, 0.2) is 186 Å². The highest BCUT2D eigenvalue weighted by Crippen LogP contribution is 2.50. The maximum absolute atomic E-state index is 9.58. The normalized spacial score (nSPS) is 14.7. The van der Waals surface area contributed by atoms with Crippen LogP contribution in [-0.4, -0.2) is 4.57 Å². The molecule has 9 aromatic rings. The van der Waals surface area contributed by atoms with Crippen molar-refractivity contribution in [3.63, 3.8) is 0 Å². The zero-order chi connectivity index (χ0) is 39.4. The maximum Gasteiger partial charge on any atom is 0.0636 e.